The molecule has 0 radical (unpaired) electrons. The lowest BCUT2D eigenvalue weighted by molar-refractivity contribution is -0.125. The SMILES string of the molecule is CCC(CC)NC(=O)COC(=O)c1ncc(Cl)c(Cl)c1Cl. The Kier molecular flexibility index (Phi) is 7.22. The van der Waals surface area contributed by atoms with E-state index in [0.717, 1.165) is 12.8 Å². The standard InChI is InChI=1S/C13H15Cl3N2O3/c1-3-7(4-2)18-9(19)6-21-13(20)12-11(16)10(15)8(14)5-17-12/h5,7H,3-4,6H2,1-2H3,(H,18,19). The fourth-order valence-corrected chi connectivity index (χ4v) is 2.10. The van der Waals surface area contributed by atoms with Crippen LogP contribution in [-0.4, -0.2) is 29.5 Å². The number of nitrogens with one attached hydrogen (secondary N) is 1. The number of pyridine rings is 1. The zero-order chi connectivity index (χ0) is 16.0. The van der Waals surface area contributed by atoms with Gasteiger partial charge in [0.25, 0.3) is 5.91 Å². The van der Waals surface area contributed by atoms with Crippen molar-refractivity contribution in [2.24, 2.45) is 0 Å². The summed E-state index contributed by atoms with van der Waals surface area (Å²) in [5.74, 6) is -1.22. The molecule has 1 aromatic heterocycles. The molecule has 0 saturated heterocycles. The van der Waals surface area contributed by atoms with Crippen LogP contribution in [0.25, 0.3) is 0 Å². The third kappa shape index (κ3) is 5.02. The molecule has 0 saturated carbocycles. The van der Waals surface area contributed by atoms with Gasteiger partial charge in [-0.05, 0) is 12.8 Å². The predicted octanol–water partition coefficient (Wildman–Crippen LogP) is 3.50. The van der Waals surface area contributed by atoms with E-state index in [4.69, 9.17) is 39.5 Å². The minimum Gasteiger partial charge on any atom is -0.451 e. The molecule has 8 heteroatoms. The molecule has 21 heavy (non-hydrogen) atoms. The molecule has 0 aliphatic carbocycles. The van der Waals surface area contributed by atoms with Crippen molar-refractivity contribution in [2.45, 2.75) is 32.7 Å². The van der Waals surface area contributed by atoms with Gasteiger partial charge in [-0.25, -0.2) is 9.78 Å². The Morgan fingerprint density at radius 3 is 2.43 bits per heavy atom. The second kappa shape index (κ2) is 8.41. The maximum absolute atomic E-state index is 11.8. The molecule has 0 aromatic carbocycles. The summed E-state index contributed by atoms with van der Waals surface area (Å²) >= 11 is 17.4. The molecule has 0 atom stereocenters. The van der Waals surface area contributed by atoms with Crippen molar-refractivity contribution in [2.75, 3.05) is 6.61 Å². The number of esters is 1. The molecule has 0 fully saturated rings. The molecule has 1 rings (SSSR count). The largest absolute Gasteiger partial charge is 0.451 e. The van der Waals surface area contributed by atoms with Gasteiger partial charge in [0, 0.05) is 12.2 Å². The van der Waals surface area contributed by atoms with Gasteiger partial charge in [-0.15, -0.1) is 0 Å². The number of ether oxygens (including phenoxy) is 1. The lowest BCUT2D eigenvalue weighted by Gasteiger charge is -2.14. The van der Waals surface area contributed by atoms with Crippen molar-refractivity contribution in [3.63, 3.8) is 0 Å². The minimum atomic E-state index is -0.835. The summed E-state index contributed by atoms with van der Waals surface area (Å²) in [6.45, 7) is 3.51. The molecule has 0 aliphatic rings. The number of amides is 1. The molecular weight excluding hydrogens is 339 g/mol. The molecule has 0 spiro atoms. The normalized spacial score (nSPS) is 10.6. The van der Waals surface area contributed by atoms with Crippen molar-refractivity contribution >= 4 is 46.7 Å². The highest BCUT2D eigenvalue weighted by Gasteiger charge is 2.19. The predicted molar refractivity (Wildman–Crippen MR) is 82.1 cm³/mol. The lowest BCUT2D eigenvalue weighted by Crippen LogP contribution is -2.36. The highest BCUT2D eigenvalue weighted by molar-refractivity contribution is 6.48. The monoisotopic (exact) mass is 352 g/mol. The highest BCUT2D eigenvalue weighted by Crippen LogP contribution is 2.31. The second-order valence-corrected chi connectivity index (χ2v) is 5.40. The fourth-order valence-electron chi connectivity index (χ4n) is 1.55. The molecule has 0 aliphatic heterocycles. The fraction of sp³-hybridized carbons (Fsp3) is 0.462. The summed E-state index contributed by atoms with van der Waals surface area (Å²) in [5.41, 5.74) is -0.179. The van der Waals surface area contributed by atoms with Gasteiger partial charge >= 0.3 is 5.97 Å². The maximum Gasteiger partial charge on any atom is 0.359 e. The van der Waals surface area contributed by atoms with Gasteiger partial charge < -0.3 is 10.1 Å². The number of nitrogens with zero attached hydrogens (tertiary/aromatic N) is 1. The van der Waals surface area contributed by atoms with Crippen molar-refractivity contribution in [3.8, 4) is 0 Å². The third-order valence-electron chi connectivity index (χ3n) is 2.80. The molecule has 0 unspecified atom stereocenters. The van der Waals surface area contributed by atoms with Gasteiger partial charge in [0.1, 0.15) is 0 Å². The van der Waals surface area contributed by atoms with Crippen molar-refractivity contribution in [1.29, 1.82) is 0 Å². The smallest absolute Gasteiger partial charge is 0.359 e. The Balaban J connectivity index is 2.62. The van der Waals surface area contributed by atoms with E-state index in [1.807, 2.05) is 13.8 Å². The zero-order valence-electron chi connectivity index (χ0n) is 11.6. The molecule has 1 N–H and O–H groups in total. The van der Waals surface area contributed by atoms with E-state index in [1.54, 1.807) is 0 Å². The van der Waals surface area contributed by atoms with Crippen LogP contribution in [0.5, 0.6) is 0 Å². The van der Waals surface area contributed by atoms with Crippen LogP contribution in [0, 0.1) is 0 Å². The number of hydrogen-bond acceptors (Lipinski definition) is 4. The van der Waals surface area contributed by atoms with Gasteiger partial charge in [-0.1, -0.05) is 48.7 Å². The first-order chi connectivity index (χ1) is 9.90. The van der Waals surface area contributed by atoms with E-state index < -0.39 is 12.6 Å². The van der Waals surface area contributed by atoms with E-state index in [1.165, 1.54) is 6.20 Å². The first kappa shape index (κ1) is 18.0. The van der Waals surface area contributed by atoms with E-state index >= 15 is 0 Å². The van der Waals surface area contributed by atoms with Crippen LogP contribution in [0.15, 0.2) is 6.20 Å². The summed E-state index contributed by atoms with van der Waals surface area (Å²) in [4.78, 5) is 27.2. The van der Waals surface area contributed by atoms with Crippen molar-refractivity contribution in [3.05, 3.63) is 27.0 Å². The lowest BCUT2D eigenvalue weighted by atomic mass is 10.2. The molecule has 1 heterocycles. The third-order valence-corrected chi connectivity index (χ3v) is 4.04. The Bertz CT molecular complexity index is 534. The number of hydrogen-bond donors (Lipinski definition) is 1. The molecular formula is C13H15Cl3N2O3. The van der Waals surface area contributed by atoms with Crippen LogP contribution >= 0.6 is 34.8 Å². The molecule has 0 bridgehead atoms. The first-order valence-corrected chi connectivity index (χ1v) is 7.50. The van der Waals surface area contributed by atoms with Gasteiger partial charge in [0.2, 0.25) is 0 Å². The average molecular weight is 354 g/mol. The number of carbonyl (C=O) groups is 2. The number of carbonyl (C=O) groups excluding carboxylic acids is 2. The molecule has 1 aromatic rings. The summed E-state index contributed by atoms with van der Waals surface area (Å²) in [6.07, 6.45) is 2.79. The van der Waals surface area contributed by atoms with E-state index in [0.29, 0.717) is 0 Å². The van der Waals surface area contributed by atoms with Gasteiger partial charge in [0.05, 0.1) is 15.1 Å². The van der Waals surface area contributed by atoms with Crippen molar-refractivity contribution < 1.29 is 14.3 Å². The van der Waals surface area contributed by atoms with Crippen LogP contribution in [0.2, 0.25) is 15.1 Å². The number of rotatable bonds is 6. The molecule has 116 valence electrons. The maximum atomic E-state index is 11.8. The first-order valence-electron chi connectivity index (χ1n) is 6.36. The summed E-state index contributed by atoms with van der Waals surface area (Å²) in [7, 11) is 0. The second-order valence-electron chi connectivity index (χ2n) is 4.24. The highest BCUT2D eigenvalue weighted by atomic mass is 35.5. The Hall–Kier alpha value is -1.04. The molecule has 5 nitrogen and oxygen atoms in total. The Morgan fingerprint density at radius 2 is 1.86 bits per heavy atom. The average Bonchev–Trinajstić information content (AvgIpc) is 2.48. The van der Waals surface area contributed by atoms with Crippen LogP contribution in [0.1, 0.15) is 37.2 Å². The van der Waals surface area contributed by atoms with E-state index in [9.17, 15) is 9.59 Å². The van der Waals surface area contributed by atoms with Gasteiger partial charge in [-0.3, -0.25) is 4.79 Å². The Morgan fingerprint density at radius 1 is 1.24 bits per heavy atom. The summed E-state index contributed by atoms with van der Waals surface area (Å²) in [6, 6.07) is 0.0582. The van der Waals surface area contributed by atoms with Gasteiger partial charge in [-0.2, -0.15) is 0 Å². The molecule has 1 amide bonds. The van der Waals surface area contributed by atoms with Crippen molar-refractivity contribution in [1.82, 2.24) is 10.3 Å². The topological polar surface area (TPSA) is 68.3 Å². The quantitative estimate of drug-likeness (QED) is 0.795. The van der Waals surface area contributed by atoms with Crippen LogP contribution in [0.4, 0.5) is 0 Å². The number of aromatic nitrogens is 1. The van der Waals surface area contributed by atoms with Crippen LogP contribution in [-0.2, 0) is 9.53 Å². The number of halogens is 3. The minimum absolute atomic E-state index is 0.0155. The van der Waals surface area contributed by atoms with E-state index in [2.05, 4.69) is 10.3 Å². The van der Waals surface area contributed by atoms with Gasteiger partial charge in [0.15, 0.2) is 12.3 Å². The summed E-state index contributed by atoms with van der Waals surface area (Å²) in [5, 5.41) is 2.78. The van der Waals surface area contributed by atoms with Crippen LogP contribution < -0.4 is 5.32 Å². The van der Waals surface area contributed by atoms with Crippen LogP contribution in [0.3, 0.4) is 0 Å². The Labute approximate surface area is 137 Å². The zero-order valence-corrected chi connectivity index (χ0v) is 13.8. The van der Waals surface area contributed by atoms with E-state index in [-0.39, 0.29) is 32.7 Å². The summed E-state index contributed by atoms with van der Waals surface area (Å²) < 4.78 is 4.86.